The highest BCUT2D eigenvalue weighted by Gasteiger charge is 2.12. The van der Waals surface area contributed by atoms with Gasteiger partial charge in [0.05, 0.1) is 0 Å². The molecule has 1 N–H and O–H groups in total. The summed E-state index contributed by atoms with van der Waals surface area (Å²) < 4.78 is 6.14. The molecule has 4 nitrogen and oxygen atoms in total. The molecule has 0 atom stereocenters. The van der Waals surface area contributed by atoms with E-state index >= 15 is 0 Å². The smallest absolute Gasteiger partial charge is 0.137 e. The number of rotatable bonds is 4. The van der Waals surface area contributed by atoms with Crippen LogP contribution in [0.1, 0.15) is 5.69 Å². The molecule has 0 fully saturated rings. The van der Waals surface area contributed by atoms with Gasteiger partial charge in [-0.3, -0.25) is 4.98 Å². The summed E-state index contributed by atoms with van der Waals surface area (Å²) in [4.78, 5) is 12.3. The minimum atomic E-state index is 0.800. The minimum absolute atomic E-state index is 0.800. The number of H-pyrrole nitrogens is 1. The van der Waals surface area contributed by atoms with Gasteiger partial charge in [-0.15, -0.1) is 0 Å². The molecule has 0 amide bonds. The Labute approximate surface area is 168 Å². The second-order valence-electron chi connectivity index (χ2n) is 6.92. The Kier molecular flexibility index (Phi) is 4.30. The second kappa shape index (κ2) is 7.24. The number of hydrogen-bond acceptors (Lipinski definition) is 3. The first-order valence-electron chi connectivity index (χ1n) is 9.50. The van der Waals surface area contributed by atoms with Gasteiger partial charge >= 0.3 is 0 Å². The van der Waals surface area contributed by atoms with Gasteiger partial charge in [0.15, 0.2) is 0 Å². The molecule has 2 aromatic carbocycles. The minimum Gasteiger partial charge on any atom is -0.457 e. The van der Waals surface area contributed by atoms with Gasteiger partial charge in [0, 0.05) is 51.9 Å². The molecule has 5 aromatic rings. The first-order valence-corrected chi connectivity index (χ1v) is 9.50. The summed E-state index contributed by atoms with van der Waals surface area (Å²) in [5.74, 6) is 1.61. The Morgan fingerprint density at radius 1 is 0.759 bits per heavy atom. The maximum Gasteiger partial charge on any atom is 0.137 e. The average molecular weight is 377 g/mol. The molecule has 3 heterocycles. The van der Waals surface area contributed by atoms with Gasteiger partial charge in [-0.05, 0) is 37.3 Å². The van der Waals surface area contributed by atoms with E-state index in [2.05, 4.69) is 33.2 Å². The van der Waals surface area contributed by atoms with E-state index in [1.54, 1.807) is 0 Å². The highest BCUT2D eigenvalue weighted by atomic mass is 16.5. The lowest BCUT2D eigenvalue weighted by atomic mass is 10.0. The third-order valence-electron chi connectivity index (χ3n) is 4.92. The molecule has 0 bridgehead atoms. The van der Waals surface area contributed by atoms with Gasteiger partial charge in [0.25, 0.3) is 0 Å². The van der Waals surface area contributed by atoms with Crippen LogP contribution in [-0.2, 0) is 0 Å². The highest BCUT2D eigenvalue weighted by Crippen LogP contribution is 2.36. The largest absolute Gasteiger partial charge is 0.457 e. The topological polar surface area (TPSA) is 50.8 Å². The Balaban J connectivity index is 1.59. The Morgan fingerprint density at radius 2 is 1.55 bits per heavy atom. The van der Waals surface area contributed by atoms with Gasteiger partial charge in [0.1, 0.15) is 17.1 Å². The monoisotopic (exact) mass is 377 g/mol. The average Bonchev–Trinajstić information content (AvgIpc) is 3.19. The number of para-hydroxylation sites is 2. The molecule has 140 valence electrons. The van der Waals surface area contributed by atoms with Crippen molar-refractivity contribution >= 4 is 11.0 Å². The summed E-state index contributed by atoms with van der Waals surface area (Å²) >= 11 is 0. The molecule has 29 heavy (non-hydrogen) atoms. The zero-order chi connectivity index (χ0) is 19.6. The Bertz CT molecular complexity index is 1270. The lowest BCUT2D eigenvalue weighted by Crippen LogP contribution is -1.89. The summed E-state index contributed by atoms with van der Waals surface area (Å²) in [6, 6.07) is 24.1. The number of ether oxygens (including phenoxy) is 1. The number of pyridine rings is 2. The van der Waals surface area contributed by atoms with Gasteiger partial charge in [-0.25, -0.2) is 4.98 Å². The molecule has 0 aliphatic carbocycles. The zero-order valence-corrected chi connectivity index (χ0v) is 16.0. The normalized spacial score (nSPS) is 10.9. The van der Waals surface area contributed by atoms with Crippen LogP contribution >= 0.6 is 0 Å². The standard InChI is InChI=1S/C25H19N3O/c1-17-11-12-18(14-26-17)23-16-28-25-22(23)13-19(15-27-25)21-9-5-6-10-24(21)29-20-7-3-2-4-8-20/h2-16H,1H3,(H,27,28). The number of nitrogens with one attached hydrogen (secondary N) is 1. The van der Waals surface area contributed by atoms with Crippen LogP contribution in [0.15, 0.2) is 91.4 Å². The predicted molar refractivity (Wildman–Crippen MR) is 116 cm³/mol. The number of aryl methyl sites for hydroxylation is 1. The van der Waals surface area contributed by atoms with E-state index in [9.17, 15) is 0 Å². The van der Waals surface area contributed by atoms with Crippen molar-refractivity contribution < 1.29 is 4.74 Å². The molecule has 0 radical (unpaired) electrons. The second-order valence-corrected chi connectivity index (χ2v) is 6.92. The summed E-state index contributed by atoms with van der Waals surface area (Å²) in [7, 11) is 0. The first kappa shape index (κ1) is 17.2. The van der Waals surface area contributed by atoms with Crippen molar-refractivity contribution in [1.29, 1.82) is 0 Å². The quantitative estimate of drug-likeness (QED) is 0.395. The molecule has 0 saturated carbocycles. The van der Waals surface area contributed by atoms with Crippen molar-refractivity contribution in [2.45, 2.75) is 6.92 Å². The van der Waals surface area contributed by atoms with Crippen molar-refractivity contribution in [2.24, 2.45) is 0 Å². The van der Waals surface area contributed by atoms with Gasteiger partial charge in [-0.2, -0.15) is 0 Å². The molecule has 4 heteroatoms. The fourth-order valence-electron chi connectivity index (χ4n) is 3.43. The third-order valence-corrected chi connectivity index (χ3v) is 4.92. The van der Waals surface area contributed by atoms with Crippen LogP contribution in [0.5, 0.6) is 11.5 Å². The number of fused-ring (bicyclic) bond motifs is 1. The number of nitrogens with zero attached hydrogens (tertiary/aromatic N) is 2. The number of hydrogen-bond donors (Lipinski definition) is 1. The van der Waals surface area contributed by atoms with Crippen molar-refractivity contribution in [1.82, 2.24) is 15.0 Å². The van der Waals surface area contributed by atoms with E-state index in [1.165, 1.54) is 0 Å². The molecule has 0 aliphatic heterocycles. The summed E-state index contributed by atoms with van der Waals surface area (Å²) in [6.45, 7) is 1.99. The summed E-state index contributed by atoms with van der Waals surface area (Å²) in [6.07, 6.45) is 5.76. The van der Waals surface area contributed by atoms with Crippen molar-refractivity contribution in [3.63, 3.8) is 0 Å². The molecular formula is C25H19N3O. The van der Waals surface area contributed by atoms with Crippen molar-refractivity contribution in [2.75, 3.05) is 0 Å². The van der Waals surface area contributed by atoms with E-state index < -0.39 is 0 Å². The molecule has 0 saturated heterocycles. The maximum absolute atomic E-state index is 6.14. The fraction of sp³-hybridized carbons (Fsp3) is 0.0400. The van der Waals surface area contributed by atoms with Crippen molar-refractivity contribution in [3.8, 4) is 33.8 Å². The lowest BCUT2D eigenvalue weighted by molar-refractivity contribution is 0.484. The molecule has 0 unspecified atom stereocenters. The number of benzene rings is 2. The van der Waals surface area contributed by atoms with E-state index in [1.807, 2.05) is 80.1 Å². The molecule has 0 aliphatic rings. The zero-order valence-electron chi connectivity index (χ0n) is 16.0. The van der Waals surface area contributed by atoms with Crippen LogP contribution in [0.25, 0.3) is 33.3 Å². The van der Waals surface area contributed by atoms with E-state index in [0.29, 0.717) is 0 Å². The van der Waals surface area contributed by atoms with Gasteiger partial charge in [0.2, 0.25) is 0 Å². The number of aromatic nitrogens is 3. The van der Waals surface area contributed by atoms with Crippen LogP contribution in [0.2, 0.25) is 0 Å². The van der Waals surface area contributed by atoms with Gasteiger partial charge in [-0.1, -0.05) is 42.5 Å². The molecule has 3 aromatic heterocycles. The fourth-order valence-corrected chi connectivity index (χ4v) is 3.43. The first-order chi connectivity index (χ1) is 14.3. The Morgan fingerprint density at radius 3 is 2.38 bits per heavy atom. The van der Waals surface area contributed by atoms with Crippen LogP contribution in [-0.4, -0.2) is 15.0 Å². The number of aromatic amines is 1. The maximum atomic E-state index is 6.14. The SMILES string of the molecule is Cc1ccc(-c2c[nH]c3ncc(-c4ccccc4Oc4ccccc4)cc23)cn1. The van der Waals surface area contributed by atoms with E-state index in [4.69, 9.17) is 4.74 Å². The Hall–Kier alpha value is -3.92. The molecule has 5 rings (SSSR count). The van der Waals surface area contributed by atoms with Crippen LogP contribution in [0.4, 0.5) is 0 Å². The third kappa shape index (κ3) is 3.36. The van der Waals surface area contributed by atoms with Gasteiger partial charge < -0.3 is 9.72 Å². The van der Waals surface area contributed by atoms with Crippen LogP contribution in [0.3, 0.4) is 0 Å². The highest BCUT2D eigenvalue weighted by molar-refractivity contribution is 5.96. The van der Waals surface area contributed by atoms with E-state index in [-0.39, 0.29) is 0 Å². The van der Waals surface area contributed by atoms with Crippen LogP contribution in [0, 0.1) is 6.92 Å². The summed E-state index contributed by atoms with van der Waals surface area (Å²) in [5.41, 5.74) is 6.01. The molecule has 0 spiro atoms. The summed E-state index contributed by atoms with van der Waals surface area (Å²) in [5, 5.41) is 1.06. The van der Waals surface area contributed by atoms with E-state index in [0.717, 1.165) is 50.5 Å². The lowest BCUT2D eigenvalue weighted by Gasteiger charge is -2.11. The predicted octanol–water partition coefficient (Wildman–Crippen LogP) is 6.39. The van der Waals surface area contributed by atoms with Crippen LogP contribution < -0.4 is 4.74 Å². The molecular weight excluding hydrogens is 358 g/mol. The van der Waals surface area contributed by atoms with Crippen molar-refractivity contribution in [3.05, 3.63) is 97.1 Å².